The second kappa shape index (κ2) is 9.49. The fourth-order valence-electron chi connectivity index (χ4n) is 4.38. The Morgan fingerprint density at radius 1 is 0.972 bits per heavy atom. The maximum absolute atomic E-state index is 13.2. The van der Waals surface area contributed by atoms with Crippen molar-refractivity contribution >= 4 is 23.5 Å². The van der Waals surface area contributed by atoms with Gasteiger partial charge in [0.1, 0.15) is 6.04 Å². The van der Waals surface area contributed by atoms with Crippen LogP contribution in [0, 0.1) is 5.92 Å². The number of benzene rings is 3. The highest BCUT2D eigenvalue weighted by Gasteiger charge is 2.38. The Bertz CT molecular complexity index is 1330. The second-order valence-electron chi connectivity index (χ2n) is 8.91. The number of alkyl halides is 3. The van der Waals surface area contributed by atoms with Gasteiger partial charge < -0.3 is 15.3 Å². The fourth-order valence-corrected chi connectivity index (χ4v) is 4.38. The number of fused-ring (bicyclic) bond motifs is 1. The van der Waals surface area contributed by atoms with Crippen LogP contribution >= 0.6 is 0 Å². The van der Waals surface area contributed by atoms with Gasteiger partial charge in [0, 0.05) is 17.8 Å². The quantitative estimate of drug-likeness (QED) is 0.459. The van der Waals surface area contributed by atoms with Gasteiger partial charge in [0.2, 0.25) is 0 Å². The summed E-state index contributed by atoms with van der Waals surface area (Å²) in [6, 6.07) is 15.4. The predicted molar refractivity (Wildman–Crippen MR) is 127 cm³/mol. The van der Waals surface area contributed by atoms with Gasteiger partial charge in [-0.25, -0.2) is 4.79 Å². The molecule has 1 atom stereocenters. The van der Waals surface area contributed by atoms with Gasteiger partial charge in [0.25, 0.3) is 11.8 Å². The van der Waals surface area contributed by atoms with Gasteiger partial charge in [0.05, 0.1) is 11.1 Å². The molecule has 0 fully saturated rings. The van der Waals surface area contributed by atoms with E-state index in [4.69, 9.17) is 0 Å². The number of hydrogen-bond donors (Lipinski definition) is 2. The van der Waals surface area contributed by atoms with Crippen molar-refractivity contribution in [3.63, 3.8) is 0 Å². The number of amides is 2. The Labute approximate surface area is 205 Å². The summed E-state index contributed by atoms with van der Waals surface area (Å²) in [5, 5.41) is 12.1. The Morgan fingerprint density at radius 3 is 2.22 bits per heavy atom. The average Bonchev–Trinajstić information content (AvgIpc) is 3.14. The first-order chi connectivity index (χ1) is 17.0. The van der Waals surface area contributed by atoms with Crippen molar-refractivity contribution in [2.24, 2.45) is 5.92 Å². The van der Waals surface area contributed by atoms with Crippen molar-refractivity contribution in [2.45, 2.75) is 32.6 Å². The van der Waals surface area contributed by atoms with E-state index in [1.54, 1.807) is 50.2 Å². The lowest BCUT2D eigenvalue weighted by atomic mass is 10.00. The van der Waals surface area contributed by atoms with Crippen LogP contribution in [0.5, 0.6) is 0 Å². The highest BCUT2D eigenvalue weighted by Crippen LogP contribution is 2.33. The van der Waals surface area contributed by atoms with Crippen molar-refractivity contribution in [1.82, 2.24) is 4.90 Å². The summed E-state index contributed by atoms with van der Waals surface area (Å²) in [7, 11) is 0. The third kappa shape index (κ3) is 4.82. The van der Waals surface area contributed by atoms with Crippen LogP contribution < -0.4 is 5.32 Å². The smallest absolute Gasteiger partial charge is 0.417 e. The Balaban J connectivity index is 1.53. The van der Waals surface area contributed by atoms with Gasteiger partial charge in [-0.05, 0) is 52.9 Å². The van der Waals surface area contributed by atoms with Gasteiger partial charge in [-0.1, -0.05) is 50.2 Å². The number of carboxylic acid groups (broad SMARTS) is 1. The molecule has 0 saturated carbocycles. The molecule has 0 bridgehead atoms. The minimum Gasteiger partial charge on any atom is -0.480 e. The largest absolute Gasteiger partial charge is 0.480 e. The van der Waals surface area contributed by atoms with Crippen LogP contribution in [-0.4, -0.2) is 33.8 Å². The SMILES string of the molecule is CC(C)C(C(=O)O)N1Cc2ccc(-c3ccc(NC(=O)c4ccccc4C(F)(F)F)cc3)cc2C1=O. The van der Waals surface area contributed by atoms with Gasteiger partial charge in [-0.15, -0.1) is 0 Å². The molecule has 1 aliphatic rings. The maximum Gasteiger partial charge on any atom is 0.417 e. The number of carboxylic acids is 1. The number of nitrogens with one attached hydrogen (secondary N) is 1. The van der Waals surface area contributed by atoms with Crippen molar-refractivity contribution in [2.75, 3.05) is 5.32 Å². The van der Waals surface area contributed by atoms with E-state index in [2.05, 4.69) is 5.32 Å². The van der Waals surface area contributed by atoms with Crippen molar-refractivity contribution in [3.05, 3.63) is 89.0 Å². The lowest BCUT2D eigenvalue weighted by Gasteiger charge is -2.27. The molecule has 0 spiro atoms. The zero-order valence-electron chi connectivity index (χ0n) is 19.5. The zero-order valence-corrected chi connectivity index (χ0v) is 19.5. The van der Waals surface area contributed by atoms with Crippen LogP contribution in [-0.2, 0) is 17.5 Å². The summed E-state index contributed by atoms with van der Waals surface area (Å²) in [4.78, 5) is 38.5. The Kier molecular flexibility index (Phi) is 6.58. The molecule has 1 unspecified atom stereocenters. The van der Waals surface area contributed by atoms with E-state index in [0.29, 0.717) is 16.8 Å². The molecule has 3 aromatic carbocycles. The average molecular weight is 496 g/mol. The molecule has 1 heterocycles. The number of anilines is 1. The first-order valence-electron chi connectivity index (χ1n) is 11.2. The maximum atomic E-state index is 13.2. The summed E-state index contributed by atoms with van der Waals surface area (Å²) in [6.45, 7) is 3.72. The number of aliphatic carboxylic acids is 1. The molecule has 36 heavy (non-hydrogen) atoms. The summed E-state index contributed by atoms with van der Waals surface area (Å²) >= 11 is 0. The van der Waals surface area contributed by atoms with E-state index in [9.17, 15) is 32.7 Å². The van der Waals surface area contributed by atoms with Crippen LogP contribution in [0.15, 0.2) is 66.7 Å². The summed E-state index contributed by atoms with van der Waals surface area (Å²) < 4.78 is 39.7. The molecule has 6 nitrogen and oxygen atoms in total. The van der Waals surface area contributed by atoms with Gasteiger partial charge in [-0.2, -0.15) is 13.2 Å². The molecule has 3 aromatic rings. The number of hydrogen-bond acceptors (Lipinski definition) is 3. The molecule has 0 radical (unpaired) electrons. The molecule has 186 valence electrons. The minimum absolute atomic E-state index is 0.216. The number of carbonyl (C=O) groups excluding carboxylic acids is 2. The van der Waals surface area contributed by atoms with E-state index < -0.39 is 35.2 Å². The van der Waals surface area contributed by atoms with Gasteiger partial charge in [-0.3, -0.25) is 9.59 Å². The van der Waals surface area contributed by atoms with Gasteiger partial charge >= 0.3 is 12.1 Å². The van der Waals surface area contributed by atoms with Crippen molar-refractivity contribution < 1.29 is 32.7 Å². The molecule has 9 heteroatoms. The molecular formula is C27H23F3N2O4. The van der Waals surface area contributed by atoms with E-state index in [0.717, 1.165) is 23.3 Å². The van der Waals surface area contributed by atoms with Crippen molar-refractivity contribution in [3.8, 4) is 11.1 Å². The molecule has 0 aliphatic carbocycles. The third-order valence-electron chi connectivity index (χ3n) is 6.12. The van der Waals surface area contributed by atoms with E-state index >= 15 is 0 Å². The minimum atomic E-state index is -4.65. The standard InChI is InChI=1S/C27H23F3N2O4/c1-15(2)23(26(35)36)32-14-18-8-7-17(13-21(18)25(32)34)16-9-11-19(12-10-16)31-24(33)20-5-3-4-6-22(20)27(28,29)30/h3-13,15,23H,14H2,1-2H3,(H,31,33)(H,35,36). The molecular weight excluding hydrogens is 473 g/mol. The lowest BCUT2D eigenvalue weighted by Crippen LogP contribution is -2.44. The predicted octanol–water partition coefficient (Wildman–Crippen LogP) is 5.69. The van der Waals surface area contributed by atoms with Crippen LogP contribution in [0.3, 0.4) is 0 Å². The number of halogens is 3. The first kappa shape index (κ1) is 25.0. The molecule has 2 amide bonds. The number of rotatable bonds is 6. The van der Waals surface area contributed by atoms with Crippen molar-refractivity contribution in [1.29, 1.82) is 0 Å². The third-order valence-corrected chi connectivity index (χ3v) is 6.12. The fraction of sp³-hybridized carbons (Fsp3) is 0.222. The van der Waals surface area contributed by atoms with Crippen LogP contribution in [0.4, 0.5) is 18.9 Å². The normalized spacial score (nSPS) is 14.1. The van der Waals surface area contributed by atoms with E-state index in [1.807, 2.05) is 6.07 Å². The highest BCUT2D eigenvalue weighted by molar-refractivity contribution is 6.05. The van der Waals surface area contributed by atoms with Crippen LogP contribution in [0.2, 0.25) is 0 Å². The zero-order chi connectivity index (χ0) is 26.2. The summed E-state index contributed by atoms with van der Waals surface area (Å²) in [6.07, 6.45) is -4.65. The first-order valence-corrected chi connectivity index (χ1v) is 11.2. The molecule has 4 rings (SSSR count). The second-order valence-corrected chi connectivity index (χ2v) is 8.91. The Hall–Kier alpha value is -4.14. The highest BCUT2D eigenvalue weighted by atomic mass is 19.4. The van der Waals surface area contributed by atoms with Crippen LogP contribution in [0.1, 0.15) is 45.7 Å². The Morgan fingerprint density at radius 2 is 1.61 bits per heavy atom. The molecule has 0 saturated heterocycles. The molecule has 2 N–H and O–H groups in total. The monoisotopic (exact) mass is 496 g/mol. The van der Waals surface area contributed by atoms with E-state index in [-0.39, 0.29) is 18.4 Å². The summed E-state index contributed by atoms with van der Waals surface area (Å²) in [5.41, 5.74) is 1.42. The lowest BCUT2D eigenvalue weighted by molar-refractivity contribution is -0.144. The topological polar surface area (TPSA) is 86.7 Å². The molecule has 1 aliphatic heterocycles. The van der Waals surface area contributed by atoms with Crippen LogP contribution in [0.25, 0.3) is 11.1 Å². The summed E-state index contributed by atoms with van der Waals surface area (Å²) in [5.74, 6) is -2.54. The number of carbonyl (C=O) groups is 3. The van der Waals surface area contributed by atoms with E-state index in [1.165, 1.54) is 17.0 Å². The number of nitrogens with zero attached hydrogens (tertiary/aromatic N) is 1. The molecule has 0 aromatic heterocycles. The van der Waals surface area contributed by atoms with Gasteiger partial charge in [0.15, 0.2) is 0 Å².